The van der Waals surface area contributed by atoms with Crippen LogP contribution in [0.15, 0.2) is 46.4 Å². The molecule has 152 valence electrons. The molecule has 0 atom stereocenters. The Hall–Kier alpha value is -2.85. The van der Waals surface area contributed by atoms with Gasteiger partial charge in [-0.05, 0) is 78.2 Å². The molecule has 0 saturated carbocycles. The van der Waals surface area contributed by atoms with Gasteiger partial charge in [-0.25, -0.2) is 4.39 Å². The quantitative estimate of drug-likeness (QED) is 0.444. The Morgan fingerprint density at radius 1 is 1.31 bits per heavy atom. The smallest absolute Gasteiger partial charge is 0.262 e. The van der Waals surface area contributed by atoms with E-state index in [2.05, 4.69) is 21.2 Å². The first-order chi connectivity index (χ1) is 13.8. The first kappa shape index (κ1) is 22.4. The van der Waals surface area contributed by atoms with Gasteiger partial charge in [-0.1, -0.05) is 12.1 Å². The summed E-state index contributed by atoms with van der Waals surface area (Å²) in [7, 11) is 0. The molecule has 1 N–H and O–H groups in total. The average molecular weight is 461 g/mol. The third-order valence-corrected chi connectivity index (χ3v) is 4.29. The van der Waals surface area contributed by atoms with Crippen molar-refractivity contribution in [2.24, 2.45) is 0 Å². The Labute approximate surface area is 178 Å². The van der Waals surface area contributed by atoms with E-state index in [0.29, 0.717) is 33.7 Å². The van der Waals surface area contributed by atoms with E-state index in [9.17, 15) is 14.4 Å². The number of rotatable bonds is 8. The number of nitriles is 1. The molecule has 0 saturated heterocycles. The fraction of sp³-hybridized carbons (Fsp3) is 0.273. The molecule has 0 spiro atoms. The molecule has 2 rings (SSSR count). The lowest BCUT2D eigenvalue weighted by Gasteiger charge is -2.15. The highest BCUT2D eigenvalue weighted by molar-refractivity contribution is 9.10. The van der Waals surface area contributed by atoms with Crippen molar-refractivity contribution >= 4 is 27.9 Å². The third-order valence-electron chi connectivity index (χ3n) is 3.70. The van der Waals surface area contributed by atoms with Crippen LogP contribution < -0.4 is 14.8 Å². The van der Waals surface area contributed by atoms with Crippen LogP contribution in [-0.2, 0) is 11.4 Å². The molecular formula is C22H22BrFN2O3. The van der Waals surface area contributed by atoms with Crippen LogP contribution in [0.5, 0.6) is 11.5 Å². The minimum absolute atomic E-state index is 0.0125. The number of carbonyl (C=O) groups excluding carboxylic acids is 1. The SMILES string of the molecule is CCOc1cc(/C=C(/C#N)C(=O)NC(C)C)cc(Br)c1OCc1cccc(F)c1. The largest absolute Gasteiger partial charge is 0.490 e. The second-order valence-electron chi connectivity index (χ2n) is 6.48. The molecule has 0 bridgehead atoms. The molecule has 0 fully saturated rings. The van der Waals surface area contributed by atoms with Gasteiger partial charge < -0.3 is 14.8 Å². The molecule has 0 aliphatic heterocycles. The van der Waals surface area contributed by atoms with Crippen molar-refractivity contribution in [3.8, 4) is 17.6 Å². The Kier molecular flexibility index (Phi) is 8.22. The van der Waals surface area contributed by atoms with Gasteiger partial charge in [0.1, 0.15) is 24.1 Å². The van der Waals surface area contributed by atoms with Crippen LogP contribution >= 0.6 is 15.9 Å². The van der Waals surface area contributed by atoms with Gasteiger partial charge in [-0.15, -0.1) is 0 Å². The van der Waals surface area contributed by atoms with Gasteiger partial charge in [0.25, 0.3) is 5.91 Å². The maximum absolute atomic E-state index is 13.4. The van der Waals surface area contributed by atoms with E-state index < -0.39 is 5.91 Å². The second kappa shape index (κ2) is 10.6. The fourth-order valence-corrected chi connectivity index (χ4v) is 3.09. The van der Waals surface area contributed by atoms with Crippen LogP contribution in [0, 0.1) is 17.1 Å². The minimum Gasteiger partial charge on any atom is -0.490 e. The second-order valence-corrected chi connectivity index (χ2v) is 7.33. The minimum atomic E-state index is -0.442. The van der Waals surface area contributed by atoms with Gasteiger partial charge in [0, 0.05) is 6.04 Å². The van der Waals surface area contributed by atoms with Gasteiger partial charge in [-0.3, -0.25) is 4.79 Å². The molecule has 0 aromatic heterocycles. The number of nitrogens with one attached hydrogen (secondary N) is 1. The molecule has 0 aliphatic rings. The van der Waals surface area contributed by atoms with E-state index in [1.807, 2.05) is 26.8 Å². The van der Waals surface area contributed by atoms with Gasteiger partial charge in [0.2, 0.25) is 0 Å². The van der Waals surface area contributed by atoms with Crippen molar-refractivity contribution in [2.45, 2.75) is 33.4 Å². The zero-order valence-corrected chi connectivity index (χ0v) is 18.0. The molecule has 0 heterocycles. The van der Waals surface area contributed by atoms with Gasteiger partial charge in [0.15, 0.2) is 11.5 Å². The van der Waals surface area contributed by atoms with Crippen molar-refractivity contribution in [2.75, 3.05) is 6.61 Å². The van der Waals surface area contributed by atoms with Crippen molar-refractivity contribution in [3.63, 3.8) is 0 Å². The van der Waals surface area contributed by atoms with Crippen molar-refractivity contribution < 1.29 is 18.7 Å². The highest BCUT2D eigenvalue weighted by Gasteiger charge is 2.15. The summed E-state index contributed by atoms with van der Waals surface area (Å²) in [4.78, 5) is 12.1. The summed E-state index contributed by atoms with van der Waals surface area (Å²) >= 11 is 3.45. The number of halogens is 2. The van der Waals surface area contributed by atoms with Crippen molar-refractivity contribution in [3.05, 3.63) is 63.4 Å². The summed E-state index contributed by atoms with van der Waals surface area (Å²) in [6.45, 7) is 6.03. The average Bonchev–Trinajstić information content (AvgIpc) is 2.65. The van der Waals surface area contributed by atoms with Gasteiger partial charge >= 0.3 is 0 Å². The summed E-state index contributed by atoms with van der Waals surface area (Å²) < 4.78 is 25.5. The van der Waals surface area contributed by atoms with Gasteiger partial charge in [0.05, 0.1) is 11.1 Å². The van der Waals surface area contributed by atoms with E-state index in [4.69, 9.17) is 9.47 Å². The zero-order chi connectivity index (χ0) is 21.4. The topological polar surface area (TPSA) is 71.3 Å². The maximum atomic E-state index is 13.4. The number of nitrogens with zero attached hydrogens (tertiary/aromatic N) is 1. The Morgan fingerprint density at radius 2 is 2.07 bits per heavy atom. The first-order valence-electron chi connectivity index (χ1n) is 9.10. The monoisotopic (exact) mass is 460 g/mol. The molecule has 29 heavy (non-hydrogen) atoms. The summed E-state index contributed by atoms with van der Waals surface area (Å²) in [6.07, 6.45) is 1.49. The predicted octanol–water partition coefficient (Wildman–Crippen LogP) is 5.00. The molecule has 7 heteroatoms. The van der Waals surface area contributed by atoms with E-state index in [-0.39, 0.29) is 24.0 Å². The lowest BCUT2D eigenvalue weighted by atomic mass is 10.1. The van der Waals surface area contributed by atoms with Crippen LogP contribution in [-0.4, -0.2) is 18.6 Å². The number of hydrogen-bond donors (Lipinski definition) is 1. The van der Waals surface area contributed by atoms with E-state index in [1.165, 1.54) is 18.2 Å². The number of amides is 1. The molecule has 2 aromatic rings. The predicted molar refractivity (Wildman–Crippen MR) is 113 cm³/mol. The molecule has 1 amide bonds. The highest BCUT2D eigenvalue weighted by atomic mass is 79.9. The lowest BCUT2D eigenvalue weighted by molar-refractivity contribution is -0.117. The van der Waals surface area contributed by atoms with Gasteiger partial charge in [-0.2, -0.15) is 5.26 Å². The molecule has 0 radical (unpaired) electrons. The van der Waals surface area contributed by atoms with E-state index >= 15 is 0 Å². The Balaban J connectivity index is 2.32. The first-order valence-corrected chi connectivity index (χ1v) is 9.89. The van der Waals surface area contributed by atoms with Crippen LogP contribution in [0.2, 0.25) is 0 Å². The third kappa shape index (κ3) is 6.61. The van der Waals surface area contributed by atoms with Crippen molar-refractivity contribution in [1.82, 2.24) is 5.32 Å². The summed E-state index contributed by atoms with van der Waals surface area (Å²) in [6, 6.07) is 11.4. The fourth-order valence-electron chi connectivity index (χ4n) is 2.51. The van der Waals surface area contributed by atoms with Crippen LogP contribution in [0.3, 0.4) is 0 Å². The molecule has 0 unspecified atom stereocenters. The van der Waals surface area contributed by atoms with Crippen molar-refractivity contribution in [1.29, 1.82) is 5.26 Å². The number of carbonyl (C=O) groups is 1. The van der Waals surface area contributed by atoms with E-state index in [1.54, 1.807) is 24.3 Å². The molecule has 5 nitrogen and oxygen atoms in total. The van der Waals surface area contributed by atoms with Crippen LogP contribution in [0.25, 0.3) is 6.08 Å². The molecule has 2 aromatic carbocycles. The number of ether oxygens (including phenoxy) is 2. The number of hydrogen-bond acceptors (Lipinski definition) is 4. The normalized spacial score (nSPS) is 11.1. The number of benzene rings is 2. The Bertz CT molecular complexity index is 952. The molecule has 0 aliphatic carbocycles. The summed E-state index contributed by atoms with van der Waals surface area (Å²) in [5, 5.41) is 12.0. The summed E-state index contributed by atoms with van der Waals surface area (Å²) in [5.41, 5.74) is 1.27. The summed E-state index contributed by atoms with van der Waals surface area (Å²) in [5.74, 6) is 0.131. The standard InChI is InChI=1S/C22H22BrFN2O3/c1-4-28-20-11-16(8-17(12-25)22(27)26-14(2)3)10-19(23)21(20)29-13-15-6-5-7-18(24)9-15/h5-11,14H,4,13H2,1-3H3,(H,26,27)/b17-8-. The van der Waals surface area contributed by atoms with Crippen LogP contribution in [0.1, 0.15) is 31.9 Å². The molecular weight excluding hydrogens is 439 g/mol. The Morgan fingerprint density at radius 3 is 2.69 bits per heavy atom. The van der Waals surface area contributed by atoms with Crippen LogP contribution in [0.4, 0.5) is 4.39 Å². The zero-order valence-electron chi connectivity index (χ0n) is 16.5. The van der Waals surface area contributed by atoms with E-state index in [0.717, 1.165) is 0 Å². The highest BCUT2D eigenvalue weighted by Crippen LogP contribution is 2.38. The maximum Gasteiger partial charge on any atom is 0.262 e. The lowest BCUT2D eigenvalue weighted by Crippen LogP contribution is -2.30.